The quantitative estimate of drug-likeness (QED) is 0.306. The monoisotopic (exact) mass is 316 g/mol. The molecule has 0 aromatic carbocycles. The Balaban J connectivity index is 0. The molecule has 4 heteroatoms. The van der Waals surface area contributed by atoms with Gasteiger partial charge in [-0.1, -0.05) is 71.1 Å². The van der Waals surface area contributed by atoms with E-state index in [2.05, 4.69) is 19.1 Å². The van der Waals surface area contributed by atoms with Crippen molar-refractivity contribution in [3.05, 3.63) is 0 Å². The standard InChI is InChI=1S/C15H30O2S.Ca.2H/c1-2-3-4-5-6-7-8-9-10-11-12-14(16)13-15(17)18;;;/h14,16H,2-13H2,1H3,(H,17,18);;;. The second-order valence-electron chi connectivity index (χ2n) is 5.22. The zero-order valence-electron chi connectivity index (χ0n) is 11.9. The molecule has 0 saturated carbocycles. The summed E-state index contributed by atoms with van der Waals surface area (Å²) in [6.45, 7) is 2.25. The van der Waals surface area contributed by atoms with Gasteiger partial charge in [0.25, 0.3) is 0 Å². The van der Waals surface area contributed by atoms with Crippen molar-refractivity contribution in [1.82, 2.24) is 0 Å². The predicted molar refractivity (Wildman–Crippen MR) is 90.9 cm³/mol. The molecule has 0 aromatic heterocycles. The van der Waals surface area contributed by atoms with E-state index in [0.717, 1.165) is 12.8 Å². The molecule has 0 aliphatic heterocycles. The SMILES string of the molecule is CCCCCCCCCCCCC(O)CC(O)=S.[CaH2]. The molecule has 0 aromatic rings. The van der Waals surface area contributed by atoms with Crippen LogP contribution in [0.25, 0.3) is 0 Å². The summed E-state index contributed by atoms with van der Waals surface area (Å²) in [5, 5.41) is 18.3. The molecule has 1 unspecified atom stereocenters. The van der Waals surface area contributed by atoms with Gasteiger partial charge < -0.3 is 10.2 Å². The van der Waals surface area contributed by atoms with Gasteiger partial charge in [-0.2, -0.15) is 0 Å². The average Bonchev–Trinajstić information content (AvgIpc) is 2.30. The van der Waals surface area contributed by atoms with Gasteiger partial charge in [0.1, 0.15) is 0 Å². The molecule has 0 amide bonds. The molecule has 2 N–H and O–H groups in total. The number of rotatable bonds is 13. The molecule has 0 aliphatic carbocycles. The first kappa shape index (κ1) is 22.4. The maximum absolute atomic E-state index is 9.50. The van der Waals surface area contributed by atoms with E-state index >= 15 is 0 Å². The Labute approximate surface area is 154 Å². The first-order valence-electron chi connectivity index (χ1n) is 7.56. The summed E-state index contributed by atoms with van der Waals surface area (Å²) in [6.07, 6.45) is 13.6. The molecule has 0 aliphatic rings. The first-order valence-corrected chi connectivity index (χ1v) is 7.97. The zero-order chi connectivity index (χ0) is 13.6. The van der Waals surface area contributed by atoms with E-state index in [0.29, 0.717) is 0 Å². The summed E-state index contributed by atoms with van der Waals surface area (Å²) in [7, 11) is 0. The van der Waals surface area contributed by atoms with Crippen molar-refractivity contribution in [2.45, 2.75) is 90.1 Å². The van der Waals surface area contributed by atoms with Gasteiger partial charge >= 0.3 is 37.7 Å². The van der Waals surface area contributed by atoms with Crippen molar-refractivity contribution in [2.24, 2.45) is 0 Å². The van der Waals surface area contributed by atoms with Gasteiger partial charge in [0.05, 0.1) is 6.10 Å². The number of thiocarbonyl (C=S) groups is 1. The molecule has 0 heterocycles. The van der Waals surface area contributed by atoms with Gasteiger partial charge in [0.2, 0.25) is 0 Å². The molecule has 0 bridgehead atoms. The second kappa shape index (κ2) is 17.2. The number of hydrogen-bond donors (Lipinski definition) is 2. The van der Waals surface area contributed by atoms with Gasteiger partial charge in [-0.25, -0.2) is 0 Å². The fourth-order valence-electron chi connectivity index (χ4n) is 2.17. The number of hydrogen-bond acceptors (Lipinski definition) is 2. The molecule has 2 nitrogen and oxygen atoms in total. The van der Waals surface area contributed by atoms with E-state index in [4.69, 9.17) is 5.11 Å². The minimum atomic E-state index is -0.448. The van der Waals surface area contributed by atoms with Gasteiger partial charge in [-0.15, -0.1) is 0 Å². The predicted octanol–water partition coefficient (Wildman–Crippen LogP) is 4.02. The molecule has 0 rings (SSSR count). The van der Waals surface area contributed by atoms with E-state index in [-0.39, 0.29) is 49.2 Å². The van der Waals surface area contributed by atoms with Crippen LogP contribution in [-0.2, 0) is 0 Å². The van der Waals surface area contributed by atoms with Crippen molar-refractivity contribution in [2.75, 3.05) is 0 Å². The van der Waals surface area contributed by atoms with Crippen LogP contribution in [0.2, 0.25) is 0 Å². The van der Waals surface area contributed by atoms with Crippen LogP contribution in [0.4, 0.5) is 0 Å². The van der Waals surface area contributed by atoms with Crippen LogP contribution in [0.15, 0.2) is 0 Å². The van der Waals surface area contributed by atoms with E-state index in [1.807, 2.05) is 0 Å². The van der Waals surface area contributed by atoms with E-state index in [1.54, 1.807) is 0 Å². The Bertz CT molecular complexity index is 201. The van der Waals surface area contributed by atoms with Crippen LogP contribution in [-0.4, -0.2) is 59.1 Å². The molecule has 0 spiro atoms. The van der Waals surface area contributed by atoms with Crippen LogP contribution in [0.5, 0.6) is 0 Å². The third-order valence-electron chi connectivity index (χ3n) is 3.30. The molecule has 0 saturated heterocycles. The third kappa shape index (κ3) is 19.1. The van der Waals surface area contributed by atoms with E-state index < -0.39 is 6.10 Å². The van der Waals surface area contributed by atoms with Crippen molar-refractivity contribution < 1.29 is 10.2 Å². The summed E-state index contributed by atoms with van der Waals surface area (Å²) >= 11 is 4.55. The number of unbranched alkanes of at least 4 members (excludes halogenated alkanes) is 9. The fourth-order valence-corrected chi connectivity index (χ4v) is 2.36. The van der Waals surface area contributed by atoms with Crippen molar-refractivity contribution in [1.29, 1.82) is 0 Å². The number of aliphatic hydroxyl groups is 2. The maximum atomic E-state index is 9.50. The normalized spacial score (nSPS) is 11.9. The Kier molecular flexibility index (Phi) is 20.2. The zero-order valence-corrected chi connectivity index (χ0v) is 12.7. The van der Waals surface area contributed by atoms with E-state index in [1.165, 1.54) is 57.8 Å². The summed E-state index contributed by atoms with van der Waals surface area (Å²) < 4.78 is 0. The Morgan fingerprint density at radius 2 is 1.32 bits per heavy atom. The van der Waals surface area contributed by atoms with Crippen LogP contribution in [0.1, 0.15) is 84.0 Å². The Hall–Kier alpha value is 1.11. The van der Waals surface area contributed by atoms with Crippen LogP contribution < -0.4 is 0 Å². The van der Waals surface area contributed by atoms with Gasteiger partial charge in [-0.3, -0.25) is 0 Å². The van der Waals surface area contributed by atoms with Crippen molar-refractivity contribution >= 4 is 55.0 Å². The molecular formula is C15H32CaO2S. The minimum absolute atomic E-state index is 0. The molecule has 112 valence electrons. The average molecular weight is 317 g/mol. The molecule has 19 heavy (non-hydrogen) atoms. The number of aliphatic hydroxyl groups excluding tert-OH is 2. The fraction of sp³-hybridized carbons (Fsp3) is 0.933. The summed E-state index contributed by atoms with van der Waals surface area (Å²) in [5.41, 5.74) is 0. The Morgan fingerprint density at radius 1 is 0.895 bits per heavy atom. The Morgan fingerprint density at radius 3 is 1.74 bits per heavy atom. The molecular weight excluding hydrogens is 284 g/mol. The van der Waals surface area contributed by atoms with Gasteiger partial charge in [0.15, 0.2) is 5.05 Å². The van der Waals surface area contributed by atoms with Gasteiger partial charge in [-0.05, 0) is 18.6 Å². The summed E-state index contributed by atoms with van der Waals surface area (Å²) in [5.74, 6) is 0. The molecule has 1 atom stereocenters. The topological polar surface area (TPSA) is 40.5 Å². The third-order valence-corrected chi connectivity index (χ3v) is 3.47. The van der Waals surface area contributed by atoms with Crippen molar-refractivity contribution in [3.63, 3.8) is 0 Å². The molecule has 0 fully saturated rings. The van der Waals surface area contributed by atoms with Gasteiger partial charge in [0, 0.05) is 6.42 Å². The summed E-state index contributed by atoms with van der Waals surface area (Å²) in [6, 6.07) is 0. The molecule has 0 radical (unpaired) electrons. The van der Waals surface area contributed by atoms with Crippen molar-refractivity contribution in [3.8, 4) is 0 Å². The van der Waals surface area contributed by atoms with Crippen LogP contribution >= 0.6 is 12.2 Å². The van der Waals surface area contributed by atoms with E-state index in [9.17, 15) is 5.11 Å². The first-order chi connectivity index (χ1) is 8.66. The van der Waals surface area contributed by atoms with Crippen LogP contribution in [0, 0.1) is 0 Å². The second-order valence-corrected chi connectivity index (χ2v) is 5.69. The summed E-state index contributed by atoms with van der Waals surface area (Å²) in [4.78, 5) is 0. The van der Waals surface area contributed by atoms with Crippen LogP contribution in [0.3, 0.4) is 0 Å².